The van der Waals surface area contributed by atoms with Crippen LogP contribution >= 0.6 is 11.6 Å². The summed E-state index contributed by atoms with van der Waals surface area (Å²) in [5.74, 6) is -0.178. The molecular formula is C12H14ClN5O. The van der Waals surface area contributed by atoms with Crippen molar-refractivity contribution in [2.75, 3.05) is 12.3 Å². The maximum absolute atomic E-state index is 11.8. The van der Waals surface area contributed by atoms with E-state index in [2.05, 4.69) is 20.5 Å². The van der Waals surface area contributed by atoms with Crippen LogP contribution in [0.1, 0.15) is 22.5 Å². The Morgan fingerprint density at radius 1 is 1.53 bits per heavy atom. The van der Waals surface area contributed by atoms with E-state index in [0.717, 1.165) is 18.4 Å². The Morgan fingerprint density at radius 2 is 2.37 bits per heavy atom. The van der Waals surface area contributed by atoms with Gasteiger partial charge in [-0.3, -0.25) is 14.9 Å². The summed E-state index contributed by atoms with van der Waals surface area (Å²) in [6.45, 7) is 0.545. The zero-order valence-electron chi connectivity index (χ0n) is 10.2. The van der Waals surface area contributed by atoms with Crippen molar-refractivity contribution in [2.45, 2.75) is 12.8 Å². The number of rotatable bonds is 5. The van der Waals surface area contributed by atoms with Crippen LogP contribution in [0.15, 0.2) is 24.5 Å². The van der Waals surface area contributed by atoms with Gasteiger partial charge < -0.3 is 11.1 Å². The molecule has 2 aromatic rings. The van der Waals surface area contributed by atoms with Crippen LogP contribution in [0.2, 0.25) is 5.02 Å². The third-order valence-corrected chi connectivity index (χ3v) is 2.99. The molecule has 7 heteroatoms. The summed E-state index contributed by atoms with van der Waals surface area (Å²) in [6.07, 6.45) is 5.22. The molecule has 0 aliphatic heterocycles. The molecule has 0 saturated carbocycles. The van der Waals surface area contributed by atoms with Crippen LogP contribution in [-0.4, -0.2) is 27.6 Å². The molecule has 0 atom stereocenters. The summed E-state index contributed by atoms with van der Waals surface area (Å²) in [5, 5.41) is 9.08. The lowest BCUT2D eigenvalue weighted by atomic mass is 10.1. The molecule has 0 radical (unpaired) electrons. The van der Waals surface area contributed by atoms with Gasteiger partial charge in [0, 0.05) is 18.9 Å². The zero-order valence-corrected chi connectivity index (χ0v) is 10.9. The highest BCUT2D eigenvalue weighted by atomic mass is 35.5. The number of aryl methyl sites for hydroxylation is 1. The molecule has 100 valence electrons. The highest BCUT2D eigenvalue weighted by Crippen LogP contribution is 2.19. The van der Waals surface area contributed by atoms with Gasteiger partial charge in [-0.2, -0.15) is 5.10 Å². The predicted octanol–water partition coefficient (Wildman–Crippen LogP) is 1.40. The first-order valence-electron chi connectivity index (χ1n) is 5.85. The van der Waals surface area contributed by atoms with Crippen molar-refractivity contribution in [1.29, 1.82) is 0 Å². The second kappa shape index (κ2) is 6.19. The van der Waals surface area contributed by atoms with Crippen molar-refractivity contribution >= 4 is 23.3 Å². The van der Waals surface area contributed by atoms with E-state index < -0.39 is 0 Å². The van der Waals surface area contributed by atoms with Crippen molar-refractivity contribution in [1.82, 2.24) is 20.5 Å². The number of anilines is 1. The van der Waals surface area contributed by atoms with Gasteiger partial charge in [-0.1, -0.05) is 17.7 Å². The zero-order chi connectivity index (χ0) is 13.7. The van der Waals surface area contributed by atoms with Crippen LogP contribution in [0.4, 0.5) is 5.82 Å². The van der Waals surface area contributed by atoms with Crippen LogP contribution < -0.4 is 11.1 Å². The average Bonchev–Trinajstić information content (AvgIpc) is 2.76. The highest BCUT2D eigenvalue weighted by molar-refractivity contribution is 6.35. The third-order valence-electron chi connectivity index (χ3n) is 2.61. The molecule has 0 aromatic carbocycles. The Kier molecular flexibility index (Phi) is 4.35. The van der Waals surface area contributed by atoms with Crippen LogP contribution in [-0.2, 0) is 6.42 Å². The molecule has 0 saturated heterocycles. The molecule has 0 aliphatic carbocycles. The van der Waals surface area contributed by atoms with E-state index in [0.29, 0.717) is 6.54 Å². The first-order valence-corrected chi connectivity index (χ1v) is 6.22. The van der Waals surface area contributed by atoms with Crippen LogP contribution in [0, 0.1) is 0 Å². The van der Waals surface area contributed by atoms with Crippen LogP contribution in [0.5, 0.6) is 0 Å². The molecule has 2 heterocycles. The molecule has 0 fully saturated rings. The topological polar surface area (TPSA) is 96.7 Å². The predicted molar refractivity (Wildman–Crippen MR) is 72.9 cm³/mol. The molecular weight excluding hydrogens is 266 g/mol. The fraction of sp³-hybridized carbons (Fsp3) is 0.250. The third kappa shape index (κ3) is 3.45. The number of nitrogen functional groups attached to an aromatic ring is 1. The smallest absolute Gasteiger partial charge is 0.270 e. The molecule has 1 amide bonds. The second-order valence-electron chi connectivity index (χ2n) is 4.02. The number of aromatic amines is 1. The molecule has 4 N–H and O–H groups in total. The van der Waals surface area contributed by atoms with E-state index in [1.165, 1.54) is 0 Å². The van der Waals surface area contributed by atoms with Gasteiger partial charge in [0.2, 0.25) is 0 Å². The number of carbonyl (C=O) groups excluding carboxylic acids is 1. The number of nitrogens with zero attached hydrogens (tertiary/aromatic N) is 2. The number of amides is 1. The molecule has 0 bridgehead atoms. The molecule has 0 unspecified atom stereocenters. The minimum absolute atomic E-state index is 0.127. The number of hydrogen-bond acceptors (Lipinski definition) is 4. The van der Waals surface area contributed by atoms with Gasteiger partial charge in [0.15, 0.2) is 5.82 Å². The molecule has 19 heavy (non-hydrogen) atoms. The lowest BCUT2D eigenvalue weighted by Crippen LogP contribution is -2.25. The summed E-state index contributed by atoms with van der Waals surface area (Å²) in [7, 11) is 0. The average molecular weight is 280 g/mol. The summed E-state index contributed by atoms with van der Waals surface area (Å²) in [6, 6.07) is 3.89. The first-order chi connectivity index (χ1) is 9.18. The molecule has 2 rings (SSSR count). The second-order valence-corrected chi connectivity index (χ2v) is 4.40. The van der Waals surface area contributed by atoms with Crippen molar-refractivity contribution in [3.8, 4) is 0 Å². The van der Waals surface area contributed by atoms with E-state index >= 15 is 0 Å². The van der Waals surface area contributed by atoms with Gasteiger partial charge in [-0.05, 0) is 24.5 Å². The Hall–Kier alpha value is -2.08. The van der Waals surface area contributed by atoms with E-state index in [-0.39, 0.29) is 22.4 Å². The summed E-state index contributed by atoms with van der Waals surface area (Å²) in [4.78, 5) is 15.8. The molecule has 0 aliphatic rings. The first kappa shape index (κ1) is 13.4. The number of nitrogens with two attached hydrogens (primary N) is 1. The number of nitrogens with one attached hydrogen (secondary N) is 2. The van der Waals surface area contributed by atoms with Crippen LogP contribution in [0.3, 0.4) is 0 Å². The van der Waals surface area contributed by atoms with Gasteiger partial charge in [0.05, 0.1) is 0 Å². The Labute approximate surface area is 115 Å². The van der Waals surface area contributed by atoms with E-state index in [4.69, 9.17) is 17.3 Å². The summed E-state index contributed by atoms with van der Waals surface area (Å²) < 4.78 is 0. The van der Waals surface area contributed by atoms with Crippen molar-refractivity contribution in [3.05, 3.63) is 40.8 Å². The SMILES string of the molecule is Nc1n[nH]c(C(=O)NCCCc2cccnc2)c1Cl. The standard InChI is InChI=1S/C12H14ClN5O/c13-9-10(17-18-11(9)14)12(19)16-6-2-4-8-3-1-5-15-7-8/h1,3,5,7H,2,4,6H2,(H,16,19)(H3,14,17,18). The van der Waals surface area contributed by atoms with Crippen molar-refractivity contribution in [3.63, 3.8) is 0 Å². The summed E-state index contributed by atoms with van der Waals surface area (Å²) in [5.41, 5.74) is 6.78. The van der Waals surface area contributed by atoms with E-state index in [1.807, 2.05) is 18.3 Å². The molecule has 2 aromatic heterocycles. The number of halogens is 1. The summed E-state index contributed by atoms with van der Waals surface area (Å²) >= 11 is 5.82. The van der Waals surface area contributed by atoms with Gasteiger partial charge in [-0.15, -0.1) is 0 Å². The number of pyridine rings is 1. The van der Waals surface area contributed by atoms with E-state index in [1.54, 1.807) is 6.20 Å². The number of H-pyrrole nitrogens is 1. The Morgan fingerprint density at radius 3 is 3.00 bits per heavy atom. The number of aromatic nitrogens is 3. The molecule has 0 spiro atoms. The van der Waals surface area contributed by atoms with Crippen LogP contribution in [0.25, 0.3) is 0 Å². The minimum Gasteiger partial charge on any atom is -0.381 e. The lowest BCUT2D eigenvalue weighted by molar-refractivity contribution is 0.0948. The fourth-order valence-electron chi connectivity index (χ4n) is 1.62. The Bertz CT molecular complexity index is 555. The van der Waals surface area contributed by atoms with Crippen molar-refractivity contribution in [2.24, 2.45) is 0 Å². The van der Waals surface area contributed by atoms with Gasteiger partial charge in [0.1, 0.15) is 10.7 Å². The van der Waals surface area contributed by atoms with Gasteiger partial charge in [0.25, 0.3) is 5.91 Å². The quantitative estimate of drug-likeness (QED) is 0.721. The minimum atomic E-state index is -0.305. The molecule has 6 nitrogen and oxygen atoms in total. The highest BCUT2D eigenvalue weighted by Gasteiger charge is 2.15. The largest absolute Gasteiger partial charge is 0.381 e. The van der Waals surface area contributed by atoms with E-state index in [9.17, 15) is 4.79 Å². The van der Waals surface area contributed by atoms with Gasteiger partial charge in [-0.25, -0.2) is 0 Å². The van der Waals surface area contributed by atoms with Gasteiger partial charge >= 0.3 is 0 Å². The lowest BCUT2D eigenvalue weighted by Gasteiger charge is -2.04. The fourth-order valence-corrected chi connectivity index (χ4v) is 1.79. The maximum Gasteiger partial charge on any atom is 0.270 e. The monoisotopic (exact) mass is 279 g/mol. The maximum atomic E-state index is 11.8. The number of carbonyl (C=O) groups is 1. The van der Waals surface area contributed by atoms with Crippen molar-refractivity contribution < 1.29 is 4.79 Å². The normalized spacial score (nSPS) is 10.4. The Balaban J connectivity index is 1.77. The number of hydrogen-bond donors (Lipinski definition) is 3.